The van der Waals surface area contributed by atoms with Crippen LogP contribution in [-0.2, 0) is 4.74 Å². The van der Waals surface area contributed by atoms with Crippen LogP contribution >= 0.6 is 0 Å². The molecule has 1 fully saturated rings. The fourth-order valence-corrected chi connectivity index (χ4v) is 1.78. The quantitative estimate of drug-likeness (QED) is 0.598. The van der Waals surface area contributed by atoms with Crippen LogP contribution in [0.5, 0.6) is 0 Å². The molecule has 0 spiro atoms. The number of likely N-dealkylation sites (N-methyl/N-ethyl adjacent to an activating group) is 1. The summed E-state index contributed by atoms with van der Waals surface area (Å²) in [5.74, 6) is 0. The normalized spacial score (nSPS) is 26.5. The second-order valence-corrected chi connectivity index (χ2v) is 3.64. The van der Waals surface area contributed by atoms with Crippen molar-refractivity contribution < 1.29 is 9.84 Å². The Morgan fingerprint density at radius 1 is 1.69 bits per heavy atom. The third kappa shape index (κ3) is 3.60. The highest BCUT2D eigenvalue weighted by molar-refractivity contribution is 4.80. The minimum Gasteiger partial charge on any atom is -0.389 e. The van der Waals surface area contributed by atoms with Crippen LogP contribution in [-0.4, -0.2) is 62.6 Å². The van der Waals surface area contributed by atoms with Gasteiger partial charge in [-0.15, -0.1) is 0 Å². The minimum absolute atomic E-state index is 0.347. The molecule has 0 amide bonds. The number of ether oxygens (including phenoxy) is 1. The summed E-state index contributed by atoms with van der Waals surface area (Å²) >= 11 is 0. The molecule has 0 bridgehead atoms. The van der Waals surface area contributed by atoms with E-state index in [1.807, 2.05) is 7.05 Å². The Kier molecular flexibility index (Phi) is 4.66. The molecule has 1 heterocycles. The number of rotatable bonds is 5. The monoisotopic (exact) mass is 188 g/mol. The predicted molar refractivity (Wildman–Crippen MR) is 51.8 cm³/mol. The van der Waals surface area contributed by atoms with E-state index in [9.17, 15) is 5.11 Å². The molecule has 1 rings (SSSR count). The summed E-state index contributed by atoms with van der Waals surface area (Å²) in [6.45, 7) is 3.27. The lowest BCUT2D eigenvalue weighted by Crippen LogP contribution is -2.35. The number of methoxy groups -OCH3 is 1. The molecule has 0 aromatic heterocycles. The number of likely N-dealkylation sites (tertiary alicyclic amines) is 1. The summed E-state index contributed by atoms with van der Waals surface area (Å²) in [4.78, 5) is 2.27. The van der Waals surface area contributed by atoms with Gasteiger partial charge >= 0.3 is 0 Å². The van der Waals surface area contributed by atoms with E-state index in [2.05, 4.69) is 10.2 Å². The number of aliphatic hydroxyl groups is 1. The van der Waals surface area contributed by atoms with Crippen LogP contribution in [0, 0.1) is 0 Å². The summed E-state index contributed by atoms with van der Waals surface area (Å²) in [6, 6.07) is 0.592. The van der Waals surface area contributed by atoms with Crippen molar-refractivity contribution in [2.45, 2.75) is 18.6 Å². The van der Waals surface area contributed by atoms with Gasteiger partial charge in [0.15, 0.2) is 0 Å². The highest BCUT2D eigenvalue weighted by Gasteiger charge is 2.22. The molecule has 78 valence electrons. The van der Waals surface area contributed by atoms with Gasteiger partial charge in [0.25, 0.3) is 0 Å². The van der Waals surface area contributed by atoms with Crippen LogP contribution in [0.4, 0.5) is 0 Å². The first-order valence-corrected chi connectivity index (χ1v) is 4.83. The molecule has 1 saturated heterocycles. The molecule has 0 saturated carbocycles. The third-order valence-corrected chi connectivity index (χ3v) is 2.51. The third-order valence-electron chi connectivity index (χ3n) is 2.51. The number of aliphatic hydroxyl groups excluding tert-OH is 1. The molecular formula is C9H20N2O2. The maximum absolute atomic E-state index is 9.48. The Hall–Kier alpha value is -0.160. The fourth-order valence-electron chi connectivity index (χ4n) is 1.78. The van der Waals surface area contributed by atoms with Gasteiger partial charge in [0.2, 0.25) is 0 Å². The smallest absolute Gasteiger partial charge is 0.0900 e. The highest BCUT2D eigenvalue weighted by atomic mass is 16.5. The van der Waals surface area contributed by atoms with E-state index in [1.165, 1.54) is 6.42 Å². The Labute approximate surface area is 79.9 Å². The first kappa shape index (κ1) is 10.9. The second-order valence-electron chi connectivity index (χ2n) is 3.64. The summed E-state index contributed by atoms with van der Waals surface area (Å²) in [7, 11) is 3.60. The fraction of sp³-hybridized carbons (Fsp3) is 1.00. The summed E-state index contributed by atoms with van der Waals surface area (Å²) < 4.78 is 4.87. The second kappa shape index (κ2) is 5.54. The van der Waals surface area contributed by atoms with Gasteiger partial charge in [0, 0.05) is 26.2 Å². The van der Waals surface area contributed by atoms with Crippen molar-refractivity contribution in [2.75, 3.05) is 40.4 Å². The van der Waals surface area contributed by atoms with Gasteiger partial charge in [-0.2, -0.15) is 0 Å². The van der Waals surface area contributed by atoms with Gasteiger partial charge in [-0.05, 0) is 20.0 Å². The van der Waals surface area contributed by atoms with Crippen molar-refractivity contribution in [3.8, 4) is 0 Å². The Morgan fingerprint density at radius 2 is 2.46 bits per heavy atom. The van der Waals surface area contributed by atoms with Gasteiger partial charge in [0.1, 0.15) is 0 Å². The van der Waals surface area contributed by atoms with Crippen LogP contribution < -0.4 is 5.32 Å². The van der Waals surface area contributed by atoms with Crippen molar-refractivity contribution in [3.05, 3.63) is 0 Å². The molecule has 0 aromatic carbocycles. The zero-order valence-electron chi connectivity index (χ0n) is 8.49. The molecule has 1 aliphatic heterocycles. The van der Waals surface area contributed by atoms with Gasteiger partial charge in [-0.3, -0.25) is 4.90 Å². The van der Waals surface area contributed by atoms with Gasteiger partial charge in [0.05, 0.1) is 12.7 Å². The zero-order valence-corrected chi connectivity index (χ0v) is 8.49. The van der Waals surface area contributed by atoms with Crippen molar-refractivity contribution >= 4 is 0 Å². The maximum Gasteiger partial charge on any atom is 0.0900 e. The number of hydrogen-bond donors (Lipinski definition) is 2. The summed E-state index contributed by atoms with van der Waals surface area (Å²) in [6.07, 6.45) is 0.830. The lowest BCUT2D eigenvalue weighted by molar-refractivity contribution is 0.0425. The first-order chi connectivity index (χ1) is 6.26. The average molecular weight is 188 g/mol. The molecule has 2 N–H and O–H groups in total. The standard InChI is InChI=1S/C9H20N2O2/c1-10-8-3-4-11(5-8)6-9(12)7-13-2/h8-10,12H,3-7H2,1-2H3. The van der Waals surface area contributed by atoms with Crippen molar-refractivity contribution in [1.29, 1.82) is 0 Å². The average Bonchev–Trinajstić information content (AvgIpc) is 2.52. The van der Waals surface area contributed by atoms with Crippen LogP contribution in [0.25, 0.3) is 0 Å². The Morgan fingerprint density at radius 3 is 3.00 bits per heavy atom. The number of nitrogens with zero attached hydrogens (tertiary/aromatic N) is 1. The molecule has 4 nitrogen and oxygen atoms in total. The van der Waals surface area contributed by atoms with Crippen LogP contribution in [0.15, 0.2) is 0 Å². The Balaban J connectivity index is 2.16. The molecule has 0 aromatic rings. The summed E-state index contributed by atoms with van der Waals surface area (Å²) in [5.41, 5.74) is 0. The Bertz CT molecular complexity index is 144. The predicted octanol–water partition coefficient (Wildman–Crippen LogP) is -0.713. The van der Waals surface area contributed by atoms with Crippen molar-refractivity contribution in [3.63, 3.8) is 0 Å². The van der Waals surface area contributed by atoms with Gasteiger partial charge in [-0.25, -0.2) is 0 Å². The van der Waals surface area contributed by atoms with E-state index in [0.29, 0.717) is 12.6 Å². The van der Waals surface area contributed by atoms with E-state index in [4.69, 9.17) is 4.74 Å². The molecule has 1 aliphatic rings. The maximum atomic E-state index is 9.48. The van der Waals surface area contributed by atoms with Gasteiger partial charge < -0.3 is 15.2 Å². The van der Waals surface area contributed by atoms with E-state index >= 15 is 0 Å². The number of nitrogens with one attached hydrogen (secondary N) is 1. The zero-order chi connectivity index (χ0) is 9.68. The van der Waals surface area contributed by atoms with E-state index in [1.54, 1.807) is 7.11 Å². The summed E-state index contributed by atoms with van der Waals surface area (Å²) in [5, 5.41) is 12.7. The largest absolute Gasteiger partial charge is 0.389 e. The lowest BCUT2D eigenvalue weighted by Gasteiger charge is -2.19. The molecule has 2 atom stereocenters. The SMILES string of the molecule is CNC1CCN(CC(O)COC)C1. The van der Waals surface area contributed by atoms with Gasteiger partial charge in [-0.1, -0.05) is 0 Å². The van der Waals surface area contributed by atoms with Crippen molar-refractivity contribution in [1.82, 2.24) is 10.2 Å². The molecule has 0 aliphatic carbocycles. The first-order valence-electron chi connectivity index (χ1n) is 4.83. The van der Waals surface area contributed by atoms with Crippen LogP contribution in [0.2, 0.25) is 0 Å². The van der Waals surface area contributed by atoms with Crippen LogP contribution in [0.1, 0.15) is 6.42 Å². The highest BCUT2D eigenvalue weighted by Crippen LogP contribution is 2.08. The van der Waals surface area contributed by atoms with Crippen molar-refractivity contribution in [2.24, 2.45) is 0 Å². The topological polar surface area (TPSA) is 44.7 Å². The molecule has 13 heavy (non-hydrogen) atoms. The minimum atomic E-state index is -0.347. The van der Waals surface area contributed by atoms with E-state index < -0.39 is 0 Å². The molecular weight excluding hydrogens is 168 g/mol. The molecule has 4 heteroatoms. The molecule has 2 unspecified atom stereocenters. The number of β-amino-alcohol motifs (C(OH)–C–C–N with tert-alkyl or cyclic N) is 1. The van der Waals surface area contributed by atoms with E-state index in [0.717, 1.165) is 19.6 Å². The molecule has 0 radical (unpaired) electrons. The number of hydrogen-bond acceptors (Lipinski definition) is 4. The van der Waals surface area contributed by atoms with Crippen LogP contribution in [0.3, 0.4) is 0 Å². The lowest BCUT2D eigenvalue weighted by atomic mass is 10.3. The van der Waals surface area contributed by atoms with E-state index in [-0.39, 0.29) is 6.10 Å².